The van der Waals surface area contributed by atoms with Crippen LogP contribution in [0.15, 0.2) is 24.3 Å². The van der Waals surface area contributed by atoms with Crippen molar-refractivity contribution in [3.8, 4) is 0 Å². The molecule has 7 heteroatoms. The molecule has 0 bridgehead atoms. The number of rotatable bonds is 8. The highest BCUT2D eigenvalue weighted by molar-refractivity contribution is 7.99. The second kappa shape index (κ2) is 8.92. The second-order valence-electron chi connectivity index (χ2n) is 7.92. The Morgan fingerprint density at radius 3 is 2.42 bits per heavy atom. The van der Waals surface area contributed by atoms with E-state index in [1.54, 1.807) is 11.8 Å². The fourth-order valence-corrected chi connectivity index (χ4v) is 4.92. The molecule has 146 valence electrons. The first kappa shape index (κ1) is 21.5. The average molecular weight is 399 g/mol. The molecular weight excluding hydrogens is 369 g/mol. The van der Waals surface area contributed by atoms with Crippen LogP contribution in [-0.2, 0) is 14.8 Å². The normalized spacial score (nSPS) is 18.6. The van der Waals surface area contributed by atoms with E-state index in [0.717, 1.165) is 30.0 Å². The van der Waals surface area contributed by atoms with Crippen LogP contribution in [0.25, 0.3) is 0 Å². The van der Waals surface area contributed by atoms with Gasteiger partial charge >= 0.3 is 7.60 Å². The predicted octanol–water partition coefficient (Wildman–Crippen LogP) is 4.17. The molecule has 0 spiro atoms. The van der Waals surface area contributed by atoms with E-state index in [2.05, 4.69) is 32.9 Å². The lowest BCUT2D eigenvalue weighted by atomic mass is 9.87. The van der Waals surface area contributed by atoms with Crippen molar-refractivity contribution < 1.29 is 19.1 Å². The number of hydrogen-bond acceptors (Lipinski definition) is 3. The summed E-state index contributed by atoms with van der Waals surface area (Å²) < 4.78 is 10.8. The zero-order chi connectivity index (χ0) is 19.4. The first-order valence-electron chi connectivity index (χ1n) is 9.13. The van der Waals surface area contributed by atoms with Crippen molar-refractivity contribution in [3.05, 3.63) is 29.8 Å². The van der Waals surface area contributed by atoms with Crippen LogP contribution in [0.3, 0.4) is 0 Å². The fraction of sp³-hybridized carbons (Fsp3) is 0.632. The molecule has 0 saturated carbocycles. The van der Waals surface area contributed by atoms with E-state index >= 15 is 0 Å². The van der Waals surface area contributed by atoms with Crippen molar-refractivity contribution >= 4 is 31.0 Å². The number of nitrogens with zero attached hydrogens (tertiary/aromatic N) is 1. The third-order valence-electron chi connectivity index (χ3n) is 4.64. The van der Waals surface area contributed by atoms with Crippen LogP contribution >= 0.6 is 19.4 Å². The van der Waals surface area contributed by atoms with Gasteiger partial charge in [-0.15, -0.1) is 0 Å². The molecule has 1 aromatic rings. The van der Waals surface area contributed by atoms with Crippen LogP contribution in [0.2, 0.25) is 0 Å². The number of amides is 1. The summed E-state index contributed by atoms with van der Waals surface area (Å²) in [6.45, 7) is 6.53. The molecule has 1 heterocycles. The largest absolute Gasteiger partial charge is 0.325 e. The Balaban J connectivity index is 1.87. The molecule has 2 rings (SSSR count). The highest BCUT2D eigenvalue weighted by atomic mass is 32.2. The molecule has 0 radical (unpaired) electrons. The van der Waals surface area contributed by atoms with Gasteiger partial charge in [-0.25, -0.2) is 0 Å². The molecule has 5 nitrogen and oxygen atoms in total. The van der Waals surface area contributed by atoms with Crippen molar-refractivity contribution in [1.29, 1.82) is 0 Å². The Labute approximate surface area is 160 Å². The van der Waals surface area contributed by atoms with Gasteiger partial charge in [0.1, 0.15) is 0 Å². The number of thioether (sulfide) groups is 1. The van der Waals surface area contributed by atoms with Gasteiger partial charge in [-0.3, -0.25) is 9.36 Å². The molecule has 1 amide bonds. The Morgan fingerprint density at radius 1 is 1.19 bits per heavy atom. The van der Waals surface area contributed by atoms with Crippen molar-refractivity contribution in [3.63, 3.8) is 0 Å². The van der Waals surface area contributed by atoms with Crippen molar-refractivity contribution in [2.75, 3.05) is 22.6 Å². The minimum absolute atomic E-state index is 0.0400. The smallest absolute Gasteiger partial charge is 0.324 e. The van der Waals surface area contributed by atoms with Gasteiger partial charge < -0.3 is 14.7 Å². The quantitative estimate of drug-likeness (QED) is 0.507. The van der Waals surface area contributed by atoms with E-state index in [-0.39, 0.29) is 23.5 Å². The van der Waals surface area contributed by atoms with Crippen LogP contribution in [0, 0.1) is 0 Å². The molecule has 1 atom stereocenters. The molecule has 1 aliphatic heterocycles. The lowest BCUT2D eigenvalue weighted by Crippen LogP contribution is -2.34. The minimum atomic E-state index is -3.87. The lowest BCUT2D eigenvalue weighted by Gasteiger charge is -2.26. The van der Waals surface area contributed by atoms with Gasteiger partial charge in [-0.05, 0) is 48.1 Å². The summed E-state index contributed by atoms with van der Waals surface area (Å²) in [5.74, 6) is 1.91. The molecule has 0 aliphatic carbocycles. The predicted molar refractivity (Wildman–Crippen MR) is 109 cm³/mol. The average Bonchev–Trinajstić information content (AvgIpc) is 2.90. The van der Waals surface area contributed by atoms with Crippen LogP contribution in [0.5, 0.6) is 0 Å². The zero-order valence-corrected chi connectivity index (χ0v) is 17.6. The topological polar surface area (TPSA) is 77.8 Å². The van der Waals surface area contributed by atoms with Crippen LogP contribution < -0.4 is 4.90 Å². The van der Waals surface area contributed by atoms with Crippen molar-refractivity contribution in [2.24, 2.45) is 0 Å². The summed E-state index contributed by atoms with van der Waals surface area (Å²) in [4.78, 5) is 32.0. The van der Waals surface area contributed by atoms with E-state index in [4.69, 9.17) is 9.79 Å². The first-order valence-corrected chi connectivity index (χ1v) is 12.1. The van der Waals surface area contributed by atoms with E-state index in [9.17, 15) is 9.36 Å². The van der Waals surface area contributed by atoms with Gasteiger partial charge in [-0.1, -0.05) is 32.9 Å². The van der Waals surface area contributed by atoms with Crippen LogP contribution in [0.4, 0.5) is 5.69 Å². The number of unbranched alkanes of at least 4 members (excludes halogenated alkanes) is 1. The highest BCUT2D eigenvalue weighted by Gasteiger charge is 2.32. The maximum absolute atomic E-state index is 12.3. The lowest BCUT2D eigenvalue weighted by molar-refractivity contribution is -0.117. The summed E-state index contributed by atoms with van der Waals surface area (Å²) in [7, 11) is -3.87. The number of benzene rings is 1. The van der Waals surface area contributed by atoms with E-state index in [0.29, 0.717) is 12.8 Å². The maximum atomic E-state index is 12.3. The van der Waals surface area contributed by atoms with Crippen LogP contribution in [0.1, 0.15) is 52.0 Å². The molecule has 26 heavy (non-hydrogen) atoms. The maximum Gasteiger partial charge on any atom is 0.325 e. The van der Waals surface area contributed by atoms with E-state index in [1.165, 1.54) is 5.56 Å². The Bertz CT molecular complexity index is 650. The summed E-state index contributed by atoms with van der Waals surface area (Å²) >= 11 is 1.76. The third kappa shape index (κ3) is 6.41. The molecular formula is C19H30NO4PS. The SMILES string of the molecule is CC(C)(C)c1ccc(N2C(=O)CC[C@@H]2CSCCCCP(=O)(O)O)cc1. The van der Waals surface area contributed by atoms with E-state index in [1.807, 2.05) is 17.0 Å². The number of carbonyl (C=O) groups is 1. The molecule has 2 N–H and O–H groups in total. The van der Waals surface area contributed by atoms with Gasteiger partial charge in [0.2, 0.25) is 5.91 Å². The molecule has 0 aromatic heterocycles. The standard InChI is InChI=1S/C19H30NO4PS/c1-19(2,3)15-6-8-16(9-7-15)20-17(10-11-18(20)21)14-26-13-5-4-12-25(22,23)24/h6-9,17H,4-5,10-14H2,1-3H3,(H2,22,23,24)/t17-/m1/s1. The van der Waals surface area contributed by atoms with Gasteiger partial charge in [0.15, 0.2) is 0 Å². The molecule has 1 aromatic carbocycles. The first-order chi connectivity index (χ1) is 12.1. The fourth-order valence-electron chi connectivity index (χ4n) is 3.12. The minimum Gasteiger partial charge on any atom is -0.324 e. The summed E-state index contributed by atoms with van der Waals surface area (Å²) in [5, 5.41) is 0. The second-order valence-corrected chi connectivity index (χ2v) is 10.8. The summed E-state index contributed by atoms with van der Waals surface area (Å²) in [6, 6.07) is 8.50. The van der Waals surface area contributed by atoms with Gasteiger partial charge in [0, 0.05) is 30.1 Å². The summed E-state index contributed by atoms with van der Waals surface area (Å²) in [6.07, 6.45) is 2.75. The number of anilines is 1. The molecule has 1 fully saturated rings. The van der Waals surface area contributed by atoms with Crippen LogP contribution in [-0.4, -0.2) is 39.4 Å². The monoisotopic (exact) mass is 399 g/mol. The zero-order valence-electron chi connectivity index (χ0n) is 15.9. The van der Waals surface area contributed by atoms with Gasteiger partial charge in [0.25, 0.3) is 0 Å². The van der Waals surface area contributed by atoms with Crippen molar-refractivity contribution in [2.45, 2.75) is 57.9 Å². The number of hydrogen-bond donors (Lipinski definition) is 2. The Morgan fingerprint density at radius 2 is 1.85 bits per heavy atom. The van der Waals surface area contributed by atoms with E-state index < -0.39 is 7.60 Å². The molecule has 0 unspecified atom stereocenters. The highest BCUT2D eigenvalue weighted by Crippen LogP contribution is 2.35. The molecule has 1 saturated heterocycles. The summed E-state index contributed by atoms with van der Waals surface area (Å²) in [5.41, 5.74) is 2.31. The van der Waals surface area contributed by atoms with Crippen molar-refractivity contribution in [1.82, 2.24) is 0 Å². The Kier molecular flexibility index (Phi) is 7.37. The third-order valence-corrected chi connectivity index (χ3v) is 6.73. The van der Waals surface area contributed by atoms with Gasteiger partial charge in [0.05, 0.1) is 0 Å². The molecule has 1 aliphatic rings. The number of carbonyl (C=O) groups excluding carboxylic acids is 1. The Hall–Kier alpha value is -0.810. The van der Waals surface area contributed by atoms with Gasteiger partial charge in [-0.2, -0.15) is 11.8 Å².